The molecule has 0 bridgehead atoms. The van der Waals surface area contributed by atoms with Crippen molar-refractivity contribution in [3.63, 3.8) is 0 Å². The smallest absolute Gasteiger partial charge is 0.229 e. The fourth-order valence-corrected chi connectivity index (χ4v) is 3.05. The van der Waals surface area contributed by atoms with E-state index in [0.29, 0.717) is 12.6 Å². The second kappa shape index (κ2) is 5.44. The minimum atomic E-state index is -0.0438. The summed E-state index contributed by atoms with van der Waals surface area (Å²) in [5, 5.41) is 3.41. The van der Waals surface area contributed by atoms with Gasteiger partial charge >= 0.3 is 0 Å². The molecule has 2 heterocycles. The second-order valence-corrected chi connectivity index (χ2v) is 5.97. The summed E-state index contributed by atoms with van der Waals surface area (Å²) in [6, 6.07) is 8.64. The lowest BCUT2D eigenvalue weighted by molar-refractivity contribution is -0.140. The minimum Gasteiger partial charge on any atom is -0.492 e. The van der Waals surface area contributed by atoms with Gasteiger partial charge in [0, 0.05) is 25.2 Å². The standard InChI is InChI=1S/C16H22N2O2/c1-11-9-18(12(2)8-17-11)16(19)14-7-13-5-3-4-6-15(13)20-10-14/h3-6,11-12,14,17H,7-10H2,1-2H3. The van der Waals surface area contributed by atoms with Gasteiger partial charge in [0.25, 0.3) is 0 Å². The maximum Gasteiger partial charge on any atom is 0.229 e. The maximum absolute atomic E-state index is 12.7. The van der Waals surface area contributed by atoms with Gasteiger partial charge in [0.1, 0.15) is 12.4 Å². The fourth-order valence-electron chi connectivity index (χ4n) is 3.05. The van der Waals surface area contributed by atoms with E-state index in [1.165, 1.54) is 0 Å². The van der Waals surface area contributed by atoms with Crippen LogP contribution in [0, 0.1) is 5.92 Å². The molecule has 108 valence electrons. The van der Waals surface area contributed by atoms with Gasteiger partial charge in [-0.3, -0.25) is 4.79 Å². The van der Waals surface area contributed by atoms with Crippen LogP contribution in [0.15, 0.2) is 24.3 Å². The van der Waals surface area contributed by atoms with E-state index in [-0.39, 0.29) is 17.9 Å². The molecular weight excluding hydrogens is 252 g/mol. The number of para-hydroxylation sites is 1. The molecule has 4 nitrogen and oxygen atoms in total. The third-order valence-electron chi connectivity index (χ3n) is 4.28. The molecule has 1 fully saturated rings. The van der Waals surface area contributed by atoms with Gasteiger partial charge in [-0.2, -0.15) is 0 Å². The first kappa shape index (κ1) is 13.4. The monoisotopic (exact) mass is 274 g/mol. The maximum atomic E-state index is 12.7. The number of nitrogens with one attached hydrogen (secondary N) is 1. The van der Waals surface area contributed by atoms with Crippen molar-refractivity contribution >= 4 is 5.91 Å². The van der Waals surface area contributed by atoms with Gasteiger partial charge in [0.05, 0.1) is 5.92 Å². The van der Waals surface area contributed by atoms with Crippen LogP contribution in [-0.2, 0) is 11.2 Å². The molecule has 2 aliphatic rings. The Balaban J connectivity index is 1.72. The molecule has 1 N–H and O–H groups in total. The molecule has 3 atom stereocenters. The third kappa shape index (κ3) is 2.52. The number of hydrogen-bond donors (Lipinski definition) is 1. The van der Waals surface area contributed by atoms with E-state index in [1.807, 2.05) is 23.1 Å². The highest BCUT2D eigenvalue weighted by Gasteiger charge is 2.33. The van der Waals surface area contributed by atoms with Crippen LogP contribution in [0.25, 0.3) is 0 Å². The molecule has 0 aliphatic carbocycles. The Labute approximate surface area is 120 Å². The van der Waals surface area contributed by atoms with Crippen molar-refractivity contribution in [2.45, 2.75) is 32.4 Å². The van der Waals surface area contributed by atoms with Crippen LogP contribution in [0.1, 0.15) is 19.4 Å². The molecule has 0 radical (unpaired) electrons. The summed E-state index contributed by atoms with van der Waals surface area (Å²) in [5.74, 6) is 1.12. The SMILES string of the molecule is CC1CN(C(=O)C2COc3ccccc3C2)C(C)CN1. The van der Waals surface area contributed by atoms with Crippen LogP contribution in [0.5, 0.6) is 5.75 Å². The Kier molecular flexibility index (Phi) is 3.66. The van der Waals surface area contributed by atoms with Gasteiger partial charge in [0.15, 0.2) is 0 Å². The topological polar surface area (TPSA) is 41.6 Å². The lowest BCUT2D eigenvalue weighted by Gasteiger charge is -2.40. The summed E-state index contributed by atoms with van der Waals surface area (Å²) in [5.41, 5.74) is 1.15. The molecule has 0 aromatic heterocycles. The lowest BCUT2D eigenvalue weighted by Crippen LogP contribution is -2.58. The van der Waals surface area contributed by atoms with Crippen molar-refractivity contribution in [2.24, 2.45) is 5.92 Å². The highest BCUT2D eigenvalue weighted by molar-refractivity contribution is 5.80. The third-order valence-corrected chi connectivity index (χ3v) is 4.28. The van der Waals surface area contributed by atoms with E-state index in [2.05, 4.69) is 25.2 Å². The van der Waals surface area contributed by atoms with Crippen molar-refractivity contribution in [3.05, 3.63) is 29.8 Å². The largest absolute Gasteiger partial charge is 0.492 e. The predicted octanol–water partition coefficient (Wildman–Crippen LogP) is 1.45. The summed E-state index contributed by atoms with van der Waals surface area (Å²) >= 11 is 0. The molecule has 3 rings (SSSR count). The van der Waals surface area contributed by atoms with Gasteiger partial charge in [-0.1, -0.05) is 18.2 Å². The van der Waals surface area contributed by atoms with Crippen molar-refractivity contribution < 1.29 is 9.53 Å². The Morgan fingerprint density at radius 1 is 1.35 bits per heavy atom. The van der Waals surface area contributed by atoms with E-state index in [9.17, 15) is 4.79 Å². The number of carbonyl (C=O) groups excluding carboxylic acids is 1. The van der Waals surface area contributed by atoms with Crippen molar-refractivity contribution in [3.8, 4) is 5.75 Å². The van der Waals surface area contributed by atoms with Gasteiger partial charge < -0.3 is 15.0 Å². The molecule has 20 heavy (non-hydrogen) atoms. The molecule has 2 aliphatic heterocycles. The first-order chi connectivity index (χ1) is 9.65. The molecule has 4 heteroatoms. The fraction of sp³-hybridized carbons (Fsp3) is 0.562. The summed E-state index contributed by atoms with van der Waals surface area (Å²) in [4.78, 5) is 14.8. The first-order valence-corrected chi connectivity index (χ1v) is 7.39. The van der Waals surface area contributed by atoms with Gasteiger partial charge in [-0.25, -0.2) is 0 Å². The average Bonchev–Trinajstić information content (AvgIpc) is 2.48. The van der Waals surface area contributed by atoms with E-state index >= 15 is 0 Å². The molecule has 0 saturated carbocycles. The quantitative estimate of drug-likeness (QED) is 0.842. The van der Waals surface area contributed by atoms with Crippen LogP contribution < -0.4 is 10.1 Å². The highest BCUT2D eigenvalue weighted by Crippen LogP contribution is 2.28. The number of ether oxygens (including phenoxy) is 1. The first-order valence-electron chi connectivity index (χ1n) is 7.39. The normalized spacial score (nSPS) is 29.5. The zero-order chi connectivity index (χ0) is 14.1. The second-order valence-electron chi connectivity index (χ2n) is 5.97. The lowest BCUT2D eigenvalue weighted by atomic mass is 9.94. The Morgan fingerprint density at radius 3 is 3.00 bits per heavy atom. The van der Waals surface area contributed by atoms with E-state index in [1.54, 1.807) is 0 Å². The van der Waals surface area contributed by atoms with Crippen molar-refractivity contribution in [1.82, 2.24) is 10.2 Å². The van der Waals surface area contributed by atoms with Gasteiger partial charge in [-0.15, -0.1) is 0 Å². The highest BCUT2D eigenvalue weighted by atomic mass is 16.5. The molecule has 3 unspecified atom stereocenters. The number of benzene rings is 1. The van der Waals surface area contributed by atoms with Crippen LogP contribution in [0.4, 0.5) is 0 Å². The van der Waals surface area contributed by atoms with Crippen LogP contribution >= 0.6 is 0 Å². The van der Waals surface area contributed by atoms with Crippen LogP contribution in [-0.4, -0.2) is 42.6 Å². The summed E-state index contributed by atoms with van der Waals surface area (Å²) in [6.07, 6.45) is 0.792. The number of amides is 1. The molecule has 0 spiro atoms. The van der Waals surface area contributed by atoms with E-state index in [0.717, 1.165) is 30.8 Å². The number of hydrogen-bond acceptors (Lipinski definition) is 3. The number of fused-ring (bicyclic) bond motifs is 1. The van der Waals surface area contributed by atoms with Gasteiger partial charge in [0.2, 0.25) is 5.91 Å². The minimum absolute atomic E-state index is 0.0438. The average molecular weight is 274 g/mol. The number of piperazine rings is 1. The Bertz CT molecular complexity index is 503. The van der Waals surface area contributed by atoms with E-state index in [4.69, 9.17) is 4.74 Å². The van der Waals surface area contributed by atoms with Gasteiger partial charge in [-0.05, 0) is 31.9 Å². The van der Waals surface area contributed by atoms with Crippen LogP contribution in [0.3, 0.4) is 0 Å². The number of rotatable bonds is 1. The molecule has 1 aromatic carbocycles. The summed E-state index contributed by atoms with van der Waals surface area (Å²) < 4.78 is 5.75. The molecule has 1 saturated heterocycles. The Morgan fingerprint density at radius 2 is 2.15 bits per heavy atom. The summed E-state index contributed by atoms with van der Waals surface area (Å²) in [6.45, 7) is 6.39. The molecular formula is C16H22N2O2. The Hall–Kier alpha value is -1.55. The summed E-state index contributed by atoms with van der Waals surface area (Å²) in [7, 11) is 0. The molecule has 1 aromatic rings. The zero-order valence-electron chi connectivity index (χ0n) is 12.1. The number of carbonyl (C=O) groups is 1. The molecule has 1 amide bonds. The predicted molar refractivity (Wildman–Crippen MR) is 77.8 cm³/mol. The zero-order valence-corrected chi connectivity index (χ0v) is 12.1. The van der Waals surface area contributed by atoms with Crippen molar-refractivity contribution in [2.75, 3.05) is 19.7 Å². The van der Waals surface area contributed by atoms with E-state index < -0.39 is 0 Å². The van der Waals surface area contributed by atoms with Crippen LogP contribution in [0.2, 0.25) is 0 Å². The van der Waals surface area contributed by atoms with Crippen molar-refractivity contribution in [1.29, 1.82) is 0 Å². The number of nitrogens with zero attached hydrogens (tertiary/aromatic N) is 1.